The number of hydrogen-bond donors (Lipinski definition) is 1. The summed E-state index contributed by atoms with van der Waals surface area (Å²) in [6, 6.07) is 7.37. The summed E-state index contributed by atoms with van der Waals surface area (Å²) < 4.78 is 48.0. The Hall–Kier alpha value is -2.65. The zero-order valence-corrected chi connectivity index (χ0v) is 16.7. The lowest BCUT2D eigenvalue weighted by molar-refractivity contribution is -0.136. The molecule has 3 heterocycles. The summed E-state index contributed by atoms with van der Waals surface area (Å²) >= 11 is 0.935. The molecule has 30 heavy (non-hydrogen) atoms. The van der Waals surface area contributed by atoms with Crippen molar-refractivity contribution in [3.63, 3.8) is 0 Å². The highest BCUT2D eigenvalue weighted by molar-refractivity contribution is 7.21. The van der Waals surface area contributed by atoms with Gasteiger partial charge in [0.1, 0.15) is 9.71 Å². The van der Waals surface area contributed by atoms with Crippen molar-refractivity contribution in [3.05, 3.63) is 45.8 Å². The molecule has 1 aliphatic carbocycles. The average molecular weight is 433 g/mol. The highest BCUT2D eigenvalue weighted by atomic mass is 32.1. The van der Waals surface area contributed by atoms with Gasteiger partial charge in [-0.25, -0.2) is 4.98 Å². The number of morpholine rings is 1. The zero-order chi connectivity index (χ0) is 21.0. The van der Waals surface area contributed by atoms with Crippen molar-refractivity contribution in [2.24, 2.45) is 0 Å². The van der Waals surface area contributed by atoms with Crippen LogP contribution in [-0.2, 0) is 23.8 Å². The number of ether oxygens (including phenoxy) is 1. The number of thiophene rings is 1. The first-order valence-corrected chi connectivity index (χ1v) is 10.4. The van der Waals surface area contributed by atoms with Gasteiger partial charge in [-0.05, 0) is 24.0 Å². The molecule has 0 radical (unpaired) electrons. The van der Waals surface area contributed by atoms with Crippen LogP contribution >= 0.6 is 11.3 Å². The first-order valence-electron chi connectivity index (χ1n) is 9.63. The minimum absolute atomic E-state index is 0.112. The van der Waals surface area contributed by atoms with Gasteiger partial charge >= 0.3 is 6.18 Å². The van der Waals surface area contributed by atoms with Crippen molar-refractivity contribution in [2.75, 3.05) is 32.0 Å². The predicted molar refractivity (Wildman–Crippen MR) is 109 cm³/mol. The second-order valence-corrected chi connectivity index (χ2v) is 8.40. The summed E-state index contributed by atoms with van der Waals surface area (Å²) in [5.41, 5.74) is 7.45. The molecular weight excluding hydrogens is 415 g/mol. The maximum atomic E-state index is 14.2. The number of nitrogens with two attached hydrogens (primary N) is 1. The Bertz CT molecular complexity index is 1170. The zero-order valence-electron chi connectivity index (χ0n) is 15.9. The number of benzene rings is 1. The molecule has 2 aliphatic rings. The van der Waals surface area contributed by atoms with Crippen molar-refractivity contribution in [1.29, 1.82) is 0 Å². The number of aromatic nitrogens is 1. The van der Waals surface area contributed by atoms with Gasteiger partial charge in [0.25, 0.3) is 5.91 Å². The third kappa shape index (κ3) is 2.95. The van der Waals surface area contributed by atoms with Gasteiger partial charge in [0.15, 0.2) is 0 Å². The first kappa shape index (κ1) is 19.3. The smallest absolute Gasteiger partial charge is 0.397 e. The third-order valence-electron chi connectivity index (χ3n) is 5.67. The number of aryl methyl sites for hydroxylation is 1. The number of fused-ring (bicyclic) bond motifs is 4. The van der Waals surface area contributed by atoms with E-state index in [2.05, 4.69) is 4.98 Å². The number of anilines is 1. The molecule has 3 aromatic rings. The lowest BCUT2D eigenvalue weighted by atomic mass is 9.85. The molecule has 156 valence electrons. The molecule has 5 rings (SSSR count). The largest absolute Gasteiger partial charge is 0.417 e. The summed E-state index contributed by atoms with van der Waals surface area (Å²) in [4.78, 5) is 19.4. The molecular formula is C21H18F3N3O2S. The number of alkyl halides is 3. The van der Waals surface area contributed by atoms with Gasteiger partial charge in [-0.15, -0.1) is 11.3 Å². The van der Waals surface area contributed by atoms with Crippen molar-refractivity contribution in [1.82, 2.24) is 9.88 Å². The molecule has 0 unspecified atom stereocenters. The summed E-state index contributed by atoms with van der Waals surface area (Å²) in [5, 5.41) is -0.151. The molecule has 0 bridgehead atoms. The van der Waals surface area contributed by atoms with Gasteiger partial charge in [0.05, 0.1) is 30.2 Å². The summed E-state index contributed by atoms with van der Waals surface area (Å²) in [7, 11) is 0. The van der Waals surface area contributed by atoms with E-state index in [1.165, 1.54) is 0 Å². The summed E-state index contributed by atoms with van der Waals surface area (Å²) in [5.74, 6) is -0.370. The van der Waals surface area contributed by atoms with Crippen molar-refractivity contribution < 1.29 is 22.7 Å². The normalized spacial score (nSPS) is 16.4. The minimum Gasteiger partial charge on any atom is -0.397 e. The molecule has 2 aromatic heterocycles. The Labute approximate surface area is 174 Å². The lowest BCUT2D eigenvalue weighted by Crippen LogP contribution is -2.40. The van der Waals surface area contributed by atoms with Gasteiger partial charge < -0.3 is 15.4 Å². The maximum absolute atomic E-state index is 14.2. The molecule has 5 nitrogen and oxygen atoms in total. The Morgan fingerprint density at radius 3 is 2.63 bits per heavy atom. The molecule has 0 spiro atoms. The Morgan fingerprint density at radius 2 is 1.90 bits per heavy atom. The number of amides is 1. The molecule has 2 N–H and O–H groups in total. The Morgan fingerprint density at radius 1 is 1.17 bits per heavy atom. The standard InChI is InChI=1S/C21H18F3N3O2S/c22-21(23,24)15-13-6-5-11-3-1-2-4-12(11)17(13)26-19-14(15)16(25)18(30-19)20(28)27-7-9-29-10-8-27/h1-4H,5-10,25H2. The quantitative estimate of drug-likeness (QED) is 0.627. The van der Waals surface area contributed by atoms with E-state index >= 15 is 0 Å². The number of hydrogen-bond acceptors (Lipinski definition) is 5. The van der Waals surface area contributed by atoms with E-state index in [-0.39, 0.29) is 38.7 Å². The molecule has 1 fully saturated rings. The molecule has 0 saturated carbocycles. The van der Waals surface area contributed by atoms with Gasteiger partial charge in [-0.3, -0.25) is 4.79 Å². The molecule has 1 aliphatic heterocycles. The monoisotopic (exact) mass is 433 g/mol. The topological polar surface area (TPSA) is 68.5 Å². The van der Waals surface area contributed by atoms with Gasteiger partial charge in [-0.1, -0.05) is 24.3 Å². The van der Waals surface area contributed by atoms with Crippen LogP contribution in [0.3, 0.4) is 0 Å². The lowest BCUT2D eigenvalue weighted by Gasteiger charge is -2.26. The SMILES string of the molecule is Nc1c(C(=O)N2CCOCC2)sc2nc3c(c(C(F)(F)F)c12)CCc1ccccc1-3. The van der Waals surface area contributed by atoms with Gasteiger partial charge in [0, 0.05) is 24.0 Å². The third-order valence-corrected chi connectivity index (χ3v) is 6.76. The second-order valence-electron chi connectivity index (χ2n) is 7.40. The number of rotatable bonds is 1. The van der Waals surface area contributed by atoms with E-state index in [0.29, 0.717) is 44.0 Å². The van der Waals surface area contributed by atoms with Crippen molar-refractivity contribution >= 4 is 33.1 Å². The van der Waals surface area contributed by atoms with Crippen LogP contribution in [0.1, 0.15) is 26.4 Å². The Balaban J connectivity index is 1.76. The molecule has 0 atom stereocenters. The van der Waals surface area contributed by atoms with Crippen LogP contribution in [0.2, 0.25) is 0 Å². The minimum atomic E-state index is -4.61. The van der Waals surface area contributed by atoms with Crippen molar-refractivity contribution in [3.8, 4) is 11.3 Å². The number of pyridine rings is 1. The summed E-state index contributed by atoms with van der Waals surface area (Å²) in [6.45, 7) is 1.56. The fourth-order valence-electron chi connectivity index (χ4n) is 4.27. The number of carbonyl (C=O) groups is 1. The van der Waals surface area contributed by atoms with E-state index in [9.17, 15) is 18.0 Å². The number of halogens is 3. The van der Waals surface area contributed by atoms with Crippen LogP contribution in [0.4, 0.5) is 18.9 Å². The van der Waals surface area contributed by atoms with Gasteiger partial charge in [-0.2, -0.15) is 13.2 Å². The molecule has 1 aromatic carbocycles. The highest BCUT2D eigenvalue weighted by Gasteiger charge is 2.41. The van der Waals surface area contributed by atoms with Crippen LogP contribution in [0, 0.1) is 0 Å². The van der Waals surface area contributed by atoms with E-state index in [0.717, 1.165) is 16.9 Å². The highest BCUT2D eigenvalue weighted by Crippen LogP contribution is 2.48. The molecule has 1 saturated heterocycles. The van der Waals surface area contributed by atoms with E-state index < -0.39 is 11.7 Å². The van der Waals surface area contributed by atoms with Crippen LogP contribution in [0.25, 0.3) is 21.5 Å². The first-order chi connectivity index (χ1) is 14.4. The van der Waals surface area contributed by atoms with E-state index in [1.54, 1.807) is 17.0 Å². The van der Waals surface area contributed by atoms with E-state index in [4.69, 9.17) is 10.5 Å². The summed E-state index contributed by atoms with van der Waals surface area (Å²) in [6.07, 6.45) is -3.87. The molecule has 1 amide bonds. The second kappa shape index (κ2) is 6.95. The number of nitrogens with zero attached hydrogens (tertiary/aromatic N) is 2. The Kier molecular flexibility index (Phi) is 4.48. The van der Waals surface area contributed by atoms with Crippen LogP contribution in [0.5, 0.6) is 0 Å². The van der Waals surface area contributed by atoms with Crippen LogP contribution in [-0.4, -0.2) is 42.1 Å². The predicted octanol–water partition coefficient (Wildman–Crippen LogP) is 4.14. The number of carbonyl (C=O) groups excluding carboxylic acids is 1. The fourth-order valence-corrected chi connectivity index (χ4v) is 5.34. The van der Waals surface area contributed by atoms with Crippen LogP contribution in [0.15, 0.2) is 24.3 Å². The maximum Gasteiger partial charge on any atom is 0.417 e. The van der Waals surface area contributed by atoms with Gasteiger partial charge in [0.2, 0.25) is 0 Å². The fraction of sp³-hybridized carbons (Fsp3) is 0.333. The average Bonchev–Trinajstić information content (AvgIpc) is 3.07. The van der Waals surface area contributed by atoms with Crippen LogP contribution < -0.4 is 5.73 Å². The number of nitrogen functional groups attached to an aromatic ring is 1. The van der Waals surface area contributed by atoms with Crippen molar-refractivity contribution in [2.45, 2.75) is 19.0 Å². The van der Waals surface area contributed by atoms with E-state index in [1.807, 2.05) is 12.1 Å². The molecule has 9 heteroatoms.